The van der Waals surface area contributed by atoms with Crippen LogP contribution >= 0.6 is 11.3 Å². The van der Waals surface area contributed by atoms with Crippen molar-refractivity contribution in [3.63, 3.8) is 0 Å². The van der Waals surface area contributed by atoms with Crippen LogP contribution in [0.4, 0.5) is 0 Å². The zero-order valence-electron chi connectivity index (χ0n) is 12.6. The summed E-state index contributed by atoms with van der Waals surface area (Å²) in [6.07, 6.45) is 2.10. The van der Waals surface area contributed by atoms with Gasteiger partial charge in [0, 0.05) is 29.3 Å². The van der Waals surface area contributed by atoms with E-state index in [-0.39, 0.29) is 11.3 Å². The Hall–Kier alpha value is -0.900. The molecule has 2 heterocycles. The standard InChI is InChI=1S/C15H24N2OS/c1-10-11(2)19-13(16-10)12-6-8-17(9-7-12)14(18)15(3,4)5/h12H,6-9H2,1-5H3. The van der Waals surface area contributed by atoms with E-state index in [2.05, 4.69) is 18.8 Å². The maximum atomic E-state index is 12.2. The normalized spacial score (nSPS) is 17.8. The molecular weight excluding hydrogens is 256 g/mol. The molecule has 0 aliphatic carbocycles. The van der Waals surface area contributed by atoms with Gasteiger partial charge in [-0.05, 0) is 26.7 Å². The topological polar surface area (TPSA) is 33.2 Å². The second-order valence-electron chi connectivity index (χ2n) is 6.51. The fourth-order valence-electron chi connectivity index (χ4n) is 2.48. The number of hydrogen-bond acceptors (Lipinski definition) is 3. The molecule has 1 aromatic heterocycles. The maximum absolute atomic E-state index is 12.2. The second kappa shape index (κ2) is 5.23. The zero-order chi connectivity index (χ0) is 14.2. The molecule has 1 amide bonds. The summed E-state index contributed by atoms with van der Waals surface area (Å²) in [4.78, 5) is 20.2. The van der Waals surface area contributed by atoms with Crippen molar-refractivity contribution in [2.45, 2.75) is 53.4 Å². The fourth-order valence-corrected chi connectivity index (χ4v) is 3.57. The van der Waals surface area contributed by atoms with E-state index in [1.165, 1.54) is 9.88 Å². The first-order valence-electron chi connectivity index (χ1n) is 7.02. The van der Waals surface area contributed by atoms with E-state index in [1.54, 1.807) is 0 Å². The number of aromatic nitrogens is 1. The Morgan fingerprint density at radius 1 is 1.26 bits per heavy atom. The summed E-state index contributed by atoms with van der Waals surface area (Å²) in [5, 5.41) is 1.26. The van der Waals surface area contributed by atoms with Gasteiger partial charge >= 0.3 is 0 Å². The average molecular weight is 280 g/mol. The lowest BCUT2D eigenvalue weighted by molar-refractivity contribution is -0.140. The van der Waals surface area contributed by atoms with Crippen LogP contribution in [-0.2, 0) is 4.79 Å². The Bertz CT molecular complexity index is 445. The lowest BCUT2D eigenvalue weighted by atomic mass is 9.91. The van der Waals surface area contributed by atoms with Crippen LogP contribution in [0.3, 0.4) is 0 Å². The number of hydrogen-bond donors (Lipinski definition) is 0. The SMILES string of the molecule is Cc1nc(C2CCN(C(=O)C(C)(C)C)CC2)sc1C. The number of carbonyl (C=O) groups is 1. The van der Waals surface area contributed by atoms with Crippen molar-refractivity contribution in [1.82, 2.24) is 9.88 Å². The molecule has 1 aromatic rings. The molecule has 106 valence electrons. The number of thiazole rings is 1. The second-order valence-corrected chi connectivity index (χ2v) is 7.74. The summed E-state index contributed by atoms with van der Waals surface area (Å²) in [6, 6.07) is 0. The predicted octanol–water partition coefficient (Wildman–Crippen LogP) is 3.51. The smallest absolute Gasteiger partial charge is 0.227 e. The fraction of sp³-hybridized carbons (Fsp3) is 0.733. The van der Waals surface area contributed by atoms with Gasteiger partial charge in [-0.1, -0.05) is 20.8 Å². The van der Waals surface area contributed by atoms with Gasteiger partial charge in [0.05, 0.1) is 10.7 Å². The van der Waals surface area contributed by atoms with Gasteiger partial charge in [-0.25, -0.2) is 4.98 Å². The molecule has 0 aromatic carbocycles. The van der Waals surface area contributed by atoms with Crippen LogP contribution in [0, 0.1) is 19.3 Å². The van der Waals surface area contributed by atoms with Gasteiger partial charge in [0.25, 0.3) is 0 Å². The number of likely N-dealkylation sites (tertiary alicyclic amines) is 1. The van der Waals surface area contributed by atoms with E-state index < -0.39 is 0 Å². The molecule has 1 aliphatic heterocycles. The Morgan fingerprint density at radius 2 is 1.84 bits per heavy atom. The van der Waals surface area contributed by atoms with Crippen LogP contribution in [0.15, 0.2) is 0 Å². The molecule has 0 saturated carbocycles. The van der Waals surface area contributed by atoms with Gasteiger partial charge in [-0.2, -0.15) is 0 Å². The van der Waals surface area contributed by atoms with Gasteiger partial charge < -0.3 is 4.90 Å². The monoisotopic (exact) mass is 280 g/mol. The van der Waals surface area contributed by atoms with Crippen LogP contribution in [0.5, 0.6) is 0 Å². The Morgan fingerprint density at radius 3 is 2.26 bits per heavy atom. The quantitative estimate of drug-likeness (QED) is 0.788. The van der Waals surface area contributed by atoms with Crippen molar-refractivity contribution in [2.75, 3.05) is 13.1 Å². The average Bonchev–Trinajstić information content (AvgIpc) is 2.68. The molecule has 0 unspecified atom stereocenters. The highest BCUT2D eigenvalue weighted by atomic mass is 32.1. The van der Waals surface area contributed by atoms with Crippen LogP contribution < -0.4 is 0 Å². The van der Waals surface area contributed by atoms with Crippen molar-refractivity contribution in [3.05, 3.63) is 15.6 Å². The Balaban J connectivity index is 1.98. The summed E-state index contributed by atoms with van der Waals surface area (Å²) in [5.41, 5.74) is 0.898. The third kappa shape index (κ3) is 3.16. The van der Waals surface area contributed by atoms with Gasteiger partial charge in [0.15, 0.2) is 0 Å². The maximum Gasteiger partial charge on any atom is 0.227 e. The third-order valence-electron chi connectivity index (χ3n) is 3.82. The lowest BCUT2D eigenvalue weighted by Gasteiger charge is -2.35. The summed E-state index contributed by atoms with van der Waals surface area (Å²) in [5.74, 6) is 0.818. The van der Waals surface area contributed by atoms with Crippen LogP contribution in [0.25, 0.3) is 0 Å². The van der Waals surface area contributed by atoms with Crippen molar-refractivity contribution < 1.29 is 4.79 Å². The number of piperidine rings is 1. The molecule has 1 fully saturated rings. The predicted molar refractivity (Wildman–Crippen MR) is 79.6 cm³/mol. The summed E-state index contributed by atoms with van der Waals surface area (Å²) >= 11 is 1.82. The minimum absolute atomic E-state index is 0.263. The zero-order valence-corrected chi connectivity index (χ0v) is 13.4. The highest BCUT2D eigenvalue weighted by Gasteiger charge is 2.31. The molecule has 0 radical (unpaired) electrons. The highest BCUT2D eigenvalue weighted by molar-refractivity contribution is 7.11. The molecule has 0 atom stereocenters. The van der Waals surface area contributed by atoms with E-state index >= 15 is 0 Å². The molecule has 0 spiro atoms. The first-order chi connectivity index (χ1) is 8.79. The first kappa shape index (κ1) is 14.5. The van der Waals surface area contributed by atoms with Crippen molar-refractivity contribution in [3.8, 4) is 0 Å². The van der Waals surface area contributed by atoms with E-state index in [0.29, 0.717) is 5.92 Å². The molecule has 2 rings (SSSR count). The highest BCUT2D eigenvalue weighted by Crippen LogP contribution is 2.33. The number of rotatable bonds is 1. The Kier molecular flexibility index (Phi) is 4.00. The summed E-state index contributed by atoms with van der Waals surface area (Å²) in [7, 11) is 0. The number of amides is 1. The van der Waals surface area contributed by atoms with E-state index in [0.717, 1.165) is 31.6 Å². The molecule has 0 N–H and O–H groups in total. The molecule has 4 heteroatoms. The number of carbonyl (C=O) groups excluding carboxylic acids is 1. The number of nitrogens with zero attached hydrogens (tertiary/aromatic N) is 2. The van der Waals surface area contributed by atoms with Gasteiger partial charge in [0.2, 0.25) is 5.91 Å². The molecule has 19 heavy (non-hydrogen) atoms. The third-order valence-corrected chi connectivity index (χ3v) is 5.05. The molecule has 1 aliphatic rings. The van der Waals surface area contributed by atoms with Gasteiger partial charge in [-0.3, -0.25) is 4.79 Å². The Labute approximate surface area is 120 Å². The lowest BCUT2D eigenvalue weighted by Crippen LogP contribution is -2.43. The van der Waals surface area contributed by atoms with Crippen molar-refractivity contribution in [1.29, 1.82) is 0 Å². The molecule has 3 nitrogen and oxygen atoms in total. The van der Waals surface area contributed by atoms with Crippen molar-refractivity contribution in [2.24, 2.45) is 5.41 Å². The van der Waals surface area contributed by atoms with E-state index in [1.807, 2.05) is 37.0 Å². The van der Waals surface area contributed by atoms with Gasteiger partial charge in [0.1, 0.15) is 0 Å². The minimum atomic E-state index is -0.263. The molecule has 0 bridgehead atoms. The van der Waals surface area contributed by atoms with E-state index in [4.69, 9.17) is 0 Å². The van der Waals surface area contributed by atoms with Crippen molar-refractivity contribution >= 4 is 17.2 Å². The van der Waals surface area contributed by atoms with Crippen LogP contribution in [0.1, 0.15) is 55.1 Å². The molecule has 1 saturated heterocycles. The van der Waals surface area contributed by atoms with Crippen LogP contribution in [0.2, 0.25) is 0 Å². The number of aryl methyl sites for hydroxylation is 2. The summed E-state index contributed by atoms with van der Waals surface area (Å²) in [6.45, 7) is 11.9. The largest absolute Gasteiger partial charge is 0.342 e. The van der Waals surface area contributed by atoms with Gasteiger partial charge in [-0.15, -0.1) is 11.3 Å². The van der Waals surface area contributed by atoms with Crippen LogP contribution in [-0.4, -0.2) is 28.9 Å². The first-order valence-corrected chi connectivity index (χ1v) is 7.84. The molecular formula is C15H24N2OS. The van der Waals surface area contributed by atoms with E-state index in [9.17, 15) is 4.79 Å². The summed E-state index contributed by atoms with van der Waals surface area (Å²) < 4.78 is 0. The minimum Gasteiger partial charge on any atom is -0.342 e.